The van der Waals surface area contributed by atoms with Crippen molar-refractivity contribution >= 4 is 17.3 Å². The number of carbonyl (C=O) groups is 1. The third kappa shape index (κ3) is 3.26. The minimum absolute atomic E-state index is 0.246. The molecule has 1 aliphatic rings. The van der Waals surface area contributed by atoms with Gasteiger partial charge in [-0.1, -0.05) is 60.7 Å². The number of ether oxygens (including phenoxy) is 2. The number of allylic oxidation sites excluding steroid dienone is 1. The molecule has 0 fully saturated rings. The minimum atomic E-state index is -0.343. The highest BCUT2D eigenvalue weighted by atomic mass is 32.1. The molecule has 136 valence electrons. The molecular formula is C22H19NO3S. The summed E-state index contributed by atoms with van der Waals surface area (Å²) in [5, 5.41) is 0.874. The highest BCUT2D eigenvalue weighted by Crippen LogP contribution is 2.48. The Kier molecular flexibility index (Phi) is 4.77. The molecule has 1 atom stereocenters. The Labute approximate surface area is 162 Å². The zero-order valence-corrected chi connectivity index (χ0v) is 16.0. The lowest BCUT2D eigenvalue weighted by Gasteiger charge is -2.25. The Bertz CT molecular complexity index is 993. The van der Waals surface area contributed by atoms with Gasteiger partial charge in [0.2, 0.25) is 5.88 Å². The van der Waals surface area contributed by atoms with Gasteiger partial charge in [-0.15, -0.1) is 11.3 Å². The summed E-state index contributed by atoms with van der Waals surface area (Å²) in [5.74, 6) is 0.520. The van der Waals surface area contributed by atoms with E-state index in [2.05, 4.69) is 0 Å². The number of hydrogen-bond donors (Lipinski definition) is 0. The van der Waals surface area contributed by atoms with Crippen LogP contribution in [-0.2, 0) is 9.53 Å². The van der Waals surface area contributed by atoms with Crippen LogP contribution in [0.25, 0.3) is 10.6 Å². The molecule has 2 heterocycles. The second-order valence-corrected chi connectivity index (χ2v) is 7.22. The summed E-state index contributed by atoms with van der Waals surface area (Å²) in [6.45, 7) is 3.93. The average molecular weight is 377 g/mol. The van der Waals surface area contributed by atoms with Crippen LogP contribution in [0.3, 0.4) is 0 Å². The third-order valence-electron chi connectivity index (χ3n) is 4.45. The zero-order valence-electron chi connectivity index (χ0n) is 15.1. The number of benzene rings is 2. The Morgan fingerprint density at radius 2 is 1.78 bits per heavy atom. The molecular weight excluding hydrogens is 358 g/mol. The van der Waals surface area contributed by atoms with Crippen molar-refractivity contribution in [3.8, 4) is 16.5 Å². The van der Waals surface area contributed by atoms with Crippen molar-refractivity contribution in [1.29, 1.82) is 0 Å². The van der Waals surface area contributed by atoms with Gasteiger partial charge in [0.15, 0.2) is 0 Å². The molecule has 2 aromatic carbocycles. The second-order valence-electron chi connectivity index (χ2n) is 6.19. The van der Waals surface area contributed by atoms with E-state index in [0.717, 1.165) is 21.0 Å². The van der Waals surface area contributed by atoms with E-state index in [0.29, 0.717) is 23.8 Å². The summed E-state index contributed by atoms with van der Waals surface area (Å²) in [6.07, 6.45) is 0. The number of thiazole rings is 1. The number of hydrogen-bond acceptors (Lipinski definition) is 5. The lowest BCUT2D eigenvalue weighted by molar-refractivity contribution is -0.139. The lowest BCUT2D eigenvalue weighted by atomic mass is 9.87. The summed E-state index contributed by atoms with van der Waals surface area (Å²) in [7, 11) is 0. The van der Waals surface area contributed by atoms with Crippen LogP contribution >= 0.6 is 11.3 Å². The fourth-order valence-corrected chi connectivity index (χ4v) is 4.38. The molecule has 5 heteroatoms. The molecule has 27 heavy (non-hydrogen) atoms. The minimum Gasteiger partial charge on any atom is -0.463 e. The predicted octanol–water partition coefficient (Wildman–Crippen LogP) is 5.17. The van der Waals surface area contributed by atoms with Gasteiger partial charge in [-0.2, -0.15) is 0 Å². The van der Waals surface area contributed by atoms with Crippen molar-refractivity contribution in [1.82, 2.24) is 4.98 Å². The summed E-state index contributed by atoms with van der Waals surface area (Å²) in [6, 6.07) is 19.9. The van der Waals surface area contributed by atoms with Gasteiger partial charge >= 0.3 is 5.97 Å². The first kappa shape index (κ1) is 17.5. The lowest BCUT2D eigenvalue weighted by Crippen LogP contribution is -2.22. The van der Waals surface area contributed by atoms with E-state index in [9.17, 15) is 4.79 Å². The Morgan fingerprint density at radius 3 is 2.44 bits per heavy atom. The number of nitrogens with zero attached hydrogens (tertiary/aromatic N) is 1. The summed E-state index contributed by atoms with van der Waals surface area (Å²) >= 11 is 1.55. The molecule has 0 bridgehead atoms. The molecule has 3 aromatic rings. The zero-order chi connectivity index (χ0) is 18.8. The number of esters is 1. The first-order valence-corrected chi connectivity index (χ1v) is 9.67. The van der Waals surface area contributed by atoms with Gasteiger partial charge in [0.25, 0.3) is 0 Å². The molecule has 0 N–H and O–H groups in total. The van der Waals surface area contributed by atoms with Crippen LogP contribution in [0, 0.1) is 0 Å². The molecule has 0 saturated carbocycles. The van der Waals surface area contributed by atoms with Gasteiger partial charge in [-0.3, -0.25) is 0 Å². The Hall–Kier alpha value is -2.92. The van der Waals surface area contributed by atoms with Crippen LogP contribution in [0.2, 0.25) is 0 Å². The van der Waals surface area contributed by atoms with Crippen molar-refractivity contribution in [3.05, 3.63) is 82.4 Å². The van der Waals surface area contributed by atoms with Crippen LogP contribution in [0.15, 0.2) is 72.0 Å². The normalized spacial score (nSPS) is 15.9. The highest BCUT2D eigenvalue weighted by molar-refractivity contribution is 7.15. The van der Waals surface area contributed by atoms with Gasteiger partial charge < -0.3 is 9.47 Å². The molecule has 0 aliphatic carbocycles. The van der Waals surface area contributed by atoms with Crippen molar-refractivity contribution in [2.75, 3.05) is 6.61 Å². The van der Waals surface area contributed by atoms with E-state index < -0.39 is 0 Å². The fourth-order valence-electron chi connectivity index (χ4n) is 3.25. The number of aromatic nitrogens is 1. The standard InChI is InChI=1S/C22H19NO3S/c1-3-25-22(24)17-14(2)26-20-19(18(17)15-10-6-4-7-11-15)27-21(23-20)16-12-8-5-9-13-16/h4-13,18H,3H2,1-2H3. The van der Waals surface area contributed by atoms with E-state index >= 15 is 0 Å². The number of fused-ring (bicyclic) bond motifs is 1. The number of carbonyl (C=O) groups excluding carboxylic acids is 1. The van der Waals surface area contributed by atoms with Crippen molar-refractivity contribution in [2.45, 2.75) is 19.8 Å². The second kappa shape index (κ2) is 7.37. The van der Waals surface area contributed by atoms with Gasteiger partial charge in [-0.05, 0) is 19.4 Å². The molecule has 1 aliphatic heterocycles. The molecule has 0 radical (unpaired) electrons. The van der Waals surface area contributed by atoms with E-state index in [1.54, 1.807) is 25.2 Å². The van der Waals surface area contributed by atoms with E-state index in [4.69, 9.17) is 14.5 Å². The maximum Gasteiger partial charge on any atom is 0.338 e. The first-order chi connectivity index (χ1) is 13.2. The van der Waals surface area contributed by atoms with Crippen LogP contribution in [-0.4, -0.2) is 17.6 Å². The topological polar surface area (TPSA) is 48.4 Å². The maximum absolute atomic E-state index is 12.7. The fraction of sp³-hybridized carbons (Fsp3) is 0.182. The average Bonchev–Trinajstić information content (AvgIpc) is 3.12. The summed E-state index contributed by atoms with van der Waals surface area (Å²) in [4.78, 5) is 18.3. The molecule has 0 amide bonds. The largest absolute Gasteiger partial charge is 0.463 e. The van der Waals surface area contributed by atoms with E-state index in [-0.39, 0.29) is 11.9 Å². The van der Waals surface area contributed by atoms with Gasteiger partial charge in [0.1, 0.15) is 10.8 Å². The van der Waals surface area contributed by atoms with Crippen LogP contribution < -0.4 is 4.74 Å². The molecule has 1 unspecified atom stereocenters. The van der Waals surface area contributed by atoms with Crippen LogP contribution in [0.5, 0.6) is 5.88 Å². The molecule has 0 saturated heterocycles. The van der Waals surface area contributed by atoms with Crippen molar-refractivity contribution < 1.29 is 14.3 Å². The molecule has 4 nitrogen and oxygen atoms in total. The Balaban J connectivity index is 1.86. The van der Waals surface area contributed by atoms with E-state index in [1.165, 1.54) is 0 Å². The van der Waals surface area contributed by atoms with E-state index in [1.807, 2.05) is 60.7 Å². The molecule has 1 aromatic heterocycles. The molecule has 4 rings (SSSR count). The van der Waals surface area contributed by atoms with Crippen LogP contribution in [0.1, 0.15) is 30.2 Å². The predicted molar refractivity (Wildman–Crippen MR) is 106 cm³/mol. The number of rotatable bonds is 4. The smallest absolute Gasteiger partial charge is 0.338 e. The summed E-state index contributed by atoms with van der Waals surface area (Å²) < 4.78 is 11.3. The molecule has 0 spiro atoms. The third-order valence-corrected chi connectivity index (χ3v) is 5.60. The Morgan fingerprint density at radius 1 is 1.11 bits per heavy atom. The van der Waals surface area contributed by atoms with Crippen molar-refractivity contribution in [2.24, 2.45) is 0 Å². The maximum atomic E-state index is 12.7. The quantitative estimate of drug-likeness (QED) is 0.589. The monoisotopic (exact) mass is 377 g/mol. The first-order valence-electron chi connectivity index (χ1n) is 8.86. The summed E-state index contributed by atoms with van der Waals surface area (Å²) in [5.41, 5.74) is 2.59. The van der Waals surface area contributed by atoms with Gasteiger partial charge in [0, 0.05) is 5.56 Å². The van der Waals surface area contributed by atoms with Crippen molar-refractivity contribution in [3.63, 3.8) is 0 Å². The van der Waals surface area contributed by atoms with Gasteiger partial charge in [0.05, 0.1) is 23.0 Å². The SMILES string of the molecule is CCOC(=O)C1=C(C)Oc2nc(-c3ccccc3)sc2C1c1ccccc1. The highest BCUT2D eigenvalue weighted by Gasteiger charge is 2.37. The van der Waals surface area contributed by atoms with Gasteiger partial charge in [-0.25, -0.2) is 9.78 Å². The van der Waals surface area contributed by atoms with Crippen LogP contribution in [0.4, 0.5) is 0 Å².